The van der Waals surface area contributed by atoms with Crippen LogP contribution in [0.5, 0.6) is 0 Å². The molecule has 0 aliphatic heterocycles. The highest BCUT2D eigenvalue weighted by Crippen LogP contribution is 2.45. The topological polar surface area (TPSA) is 237 Å². The van der Waals surface area contributed by atoms with Crippen LogP contribution in [0, 0.1) is 0 Å². The normalized spacial score (nSPS) is 14.8. The summed E-state index contributed by atoms with van der Waals surface area (Å²) < 4.78 is 68.6. The third-order valence-electron chi connectivity index (χ3n) is 16.5. The van der Waals surface area contributed by atoms with Gasteiger partial charge in [0.2, 0.25) is 0 Å². The summed E-state index contributed by atoms with van der Waals surface area (Å²) in [6.45, 7) is 4.35. The summed E-state index contributed by atoms with van der Waals surface area (Å²) in [6, 6.07) is 0. The lowest BCUT2D eigenvalue weighted by Crippen LogP contribution is -2.30. The molecule has 3 N–H and O–H groups in total. The lowest BCUT2D eigenvalue weighted by atomic mass is 10.1. The van der Waals surface area contributed by atoms with E-state index in [1.807, 2.05) is 18.2 Å². The number of ether oxygens (including phenoxy) is 4. The zero-order valence-corrected chi connectivity index (χ0v) is 69.9. The third kappa shape index (κ3) is 80.0. The van der Waals surface area contributed by atoms with Gasteiger partial charge in [-0.15, -0.1) is 0 Å². The van der Waals surface area contributed by atoms with E-state index in [-0.39, 0.29) is 25.7 Å². The zero-order chi connectivity index (χ0) is 80.3. The van der Waals surface area contributed by atoms with E-state index in [0.29, 0.717) is 32.1 Å². The number of rotatable bonds is 76. The number of carbonyl (C=O) groups is 4. The smallest absolute Gasteiger partial charge is 0.462 e. The van der Waals surface area contributed by atoms with Crippen LogP contribution in [0.3, 0.4) is 0 Å². The van der Waals surface area contributed by atoms with E-state index in [1.165, 1.54) is 19.3 Å². The number of allylic oxidation sites excluding steroid dienone is 32. The molecule has 0 aromatic heterocycles. The Balaban J connectivity index is 5.51. The second-order valence-electron chi connectivity index (χ2n) is 26.9. The molecule has 0 aromatic rings. The predicted molar refractivity (Wildman–Crippen MR) is 454 cm³/mol. The molecule has 110 heavy (non-hydrogen) atoms. The molecule has 0 radical (unpaired) electrons. The van der Waals surface area contributed by atoms with Gasteiger partial charge in [0.1, 0.15) is 19.3 Å². The summed E-state index contributed by atoms with van der Waals surface area (Å²) in [5, 5.41) is 10.7. The number of esters is 4. The fourth-order valence-corrected chi connectivity index (χ4v) is 11.9. The minimum atomic E-state index is -5.01. The van der Waals surface area contributed by atoms with Crippen molar-refractivity contribution in [3.8, 4) is 0 Å². The molecule has 19 heteroatoms. The third-order valence-corrected chi connectivity index (χ3v) is 18.4. The maximum atomic E-state index is 13.1. The molecule has 622 valence electrons. The summed E-state index contributed by atoms with van der Waals surface area (Å²) in [4.78, 5) is 73.2. The van der Waals surface area contributed by atoms with Crippen LogP contribution in [0.4, 0.5) is 0 Å². The minimum absolute atomic E-state index is 0.0257. The molecule has 0 spiro atoms. The minimum Gasteiger partial charge on any atom is -0.462 e. The largest absolute Gasteiger partial charge is 0.472 e. The number of phosphoric acid groups is 2. The van der Waals surface area contributed by atoms with Gasteiger partial charge in [-0.25, -0.2) is 9.13 Å². The standard InChI is InChI=1S/C91H146O17P2/c1-5-9-13-17-21-25-29-33-37-40-42-45-48-51-55-59-63-67-71-75-88(93)101-81-86(107-90(95)77-73-69-65-61-57-53-47-36-32-28-24-20-16-12-8-4)83-105-109(97,98)103-79-85(92)80-104-110(99,100)106-84-87(108-91(96)78-74-70-66-62-58-54-50-44-39-35-31-27-23-19-15-11-7-3)82-102-89(94)76-72-68-64-60-56-52-49-46-43-41-38-34-30-26-22-18-14-10-6-2/h9-11,13-15,21-28,33-39,42-43,45-47,51-52,55-56,63,67,85-87,92H,5-8,12,16-20,29-32,40-41,44,48-50,53-54,57-62,64-66,68-84H2,1-4H3,(H,97,98)(H,99,100)/b13-9-,14-10-,15-11-,25-21-,26-22-,27-23-,28-24-,37-33-,38-34-,39-35-,45-42-,46-43-,47-36-,55-51-,56-52-,67-63-. The Labute approximate surface area is 666 Å². The Morgan fingerprint density at radius 2 is 0.491 bits per heavy atom. The molecule has 0 aliphatic carbocycles. The molecule has 5 unspecified atom stereocenters. The first-order chi connectivity index (χ1) is 53.7. The second-order valence-corrected chi connectivity index (χ2v) is 29.8. The van der Waals surface area contributed by atoms with Gasteiger partial charge in [0, 0.05) is 25.7 Å². The first kappa shape index (κ1) is 104. The van der Waals surface area contributed by atoms with Gasteiger partial charge in [0.25, 0.3) is 0 Å². The van der Waals surface area contributed by atoms with Gasteiger partial charge in [0.05, 0.1) is 26.4 Å². The van der Waals surface area contributed by atoms with E-state index in [4.69, 9.17) is 37.0 Å². The van der Waals surface area contributed by atoms with Crippen molar-refractivity contribution in [2.75, 3.05) is 39.6 Å². The summed E-state index contributed by atoms with van der Waals surface area (Å²) in [7, 11) is -10.0. The molecule has 0 bridgehead atoms. The predicted octanol–water partition coefficient (Wildman–Crippen LogP) is 24.9. The van der Waals surface area contributed by atoms with Crippen LogP contribution in [0.15, 0.2) is 194 Å². The maximum Gasteiger partial charge on any atom is 0.472 e. The SMILES string of the molecule is CC/C=C\C/C=C\C/C=C\C/C=C\C/C=C\C/C=C\CCC(=O)OCC(COP(=O)(O)OCC(O)COP(=O)(O)OCC(COC(=O)CCCCC/C=C\C/C=C\C/C=C\C/C=C\C/C=C\CC)OC(=O)CCCCCCCCC/C=C\C/C=C\C/C=C\CC)OC(=O)CCCCCCC/C=C\C/C=C\CCCCC. The van der Waals surface area contributed by atoms with Crippen LogP contribution in [-0.2, 0) is 65.4 Å². The Kier molecular flexibility index (Phi) is 76.4. The highest BCUT2D eigenvalue weighted by molar-refractivity contribution is 7.47. The van der Waals surface area contributed by atoms with Crippen LogP contribution in [0.25, 0.3) is 0 Å². The van der Waals surface area contributed by atoms with Crippen molar-refractivity contribution in [2.45, 2.75) is 316 Å². The number of hydrogen-bond acceptors (Lipinski definition) is 15. The van der Waals surface area contributed by atoms with Crippen molar-refractivity contribution in [1.29, 1.82) is 0 Å². The highest BCUT2D eigenvalue weighted by atomic mass is 31.2. The Morgan fingerprint density at radius 1 is 0.264 bits per heavy atom. The van der Waals surface area contributed by atoms with Gasteiger partial charge < -0.3 is 33.8 Å². The van der Waals surface area contributed by atoms with E-state index in [1.54, 1.807) is 0 Å². The Bertz CT molecular complexity index is 2850. The molecule has 0 heterocycles. The van der Waals surface area contributed by atoms with E-state index in [9.17, 15) is 43.2 Å². The Morgan fingerprint density at radius 3 is 0.791 bits per heavy atom. The van der Waals surface area contributed by atoms with Gasteiger partial charge in [0.15, 0.2) is 12.2 Å². The van der Waals surface area contributed by atoms with Crippen LogP contribution >= 0.6 is 15.6 Å². The van der Waals surface area contributed by atoms with Gasteiger partial charge in [-0.1, -0.05) is 293 Å². The first-order valence-electron chi connectivity index (χ1n) is 41.7. The van der Waals surface area contributed by atoms with Gasteiger partial charge >= 0.3 is 39.5 Å². The summed E-state index contributed by atoms with van der Waals surface area (Å²) in [6.07, 6.45) is 99.8. The van der Waals surface area contributed by atoms with E-state index >= 15 is 0 Å². The first-order valence-corrected chi connectivity index (χ1v) is 44.7. The second kappa shape index (κ2) is 80.9. The fraction of sp³-hybridized carbons (Fsp3) is 0.604. The van der Waals surface area contributed by atoms with Crippen LogP contribution in [0.2, 0.25) is 0 Å². The number of hydrogen-bond donors (Lipinski definition) is 3. The molecule has 0 rings (SSSR count). The highest BCUT2D eigenvalue weighted by Gasteiger charge is 2.30. The van der Waals surface area contributed by atoms with Crippen molar-refractivity contribution in [3.05, 3.63) is 194 Å². The monoisotopic (exact) mass is 1570 g/mol. The summed E-state index contributed by atoms with van der Waals surface area (Å²) in [5.74, 6) is -2.35. The lowest BCUT2D eigenvalue weighted by Gasteiger charge is -2.21. The number of aliphatic hydroxyl groups excluding tert-OH is 1. The quantitative estimate of drug-likeness (QED) is 0.0169. The zero-order valence-electron chi connectivity index (χ0n) is 68.1. The number of phosphoric ester groups is 2. The molecule has 5 atom stereocenters. The molecular formula is C91H146O17P2. The van der Waals surface area contributed by atoms with Gasteiger partial charge in [-0.05, 0) is 173 Å². The van der Waals surface area contributed by atoms with Crippen molar-refractivity contribution in [1.82, 2.24) is 0 Å². The molecular weight excluding hydrogens is 1430 g/mol. The van der Waals surface area contributed by atoms with Crippen molar-refractivity contribution in [3.63, 3.8) is 0 Å². The van der Waals surface area contributed by atoms with Crippen LogP contribution < -0.4 is 0 Å². The van der Waals surface area contributed by atoms with Crippen molar-refractivity contribution in [2.24, 2.45) is 0 Å². The van der Waals surface area contributed by atoms with Crippen LogP contribution in [-0.4, -0.2) is 96.7 Å². The summed E-state index contributed by atoms with van der Waals surface area (Å²) in [5.41, 5.74) is 0. The number of unbranched alkanes of at least 4 members (excludes halogenated alkanes) is 18. The number of aliphatic hydroxyl groups is 1. The maximum absolute atomic E-state index is 13.1. The molecule has 0 saturated heterocycles. The van der Waals surface area contributed by atoms with Gasteiger partial charge in [-0.2, -0.15) is 0 Å². The fourth-order valence-electron chi connectivity index (χ4n) is 10.3. The molecule has 17 nitrogen and oxygen atoms in total. The van der Waals surface area contributed by atoms with E-state index in [0.717, 1.165) is 193 Å². The Hall–Kier alpha value is -6.10. The van der Waals surface area contributed by atoms with Gasteiger partial charge in [-0.3, -0.25) is 37.3 Å². The van der Waals surface area contributed by atoms with Crippen LogP contribution in [0.1, 0.15) is 297 Å². The van der Waals surface area contributed by atoms with Crippen molar-refractivity contribution >= 4 is 39.5 Å². The summed E-state index contributed by atoms with van der Waals surface area (Å²) >= 11 is 0. The molecule has 0 fully saturated rings. The van der Waals surface area contributed by atoms with E-state index < -0.39 is 97.5 Å². The molecule has 0 amide bonds. The van der Waals surface area contributed by atoms with Crippen molar-refractivity contribution < 1.29 is 80.2 Å². The lowest BCUT2D eigenvalue weighted by molar-refractivity contribution is -0.161. The average Bonchev–Trinajstić information content (AvgIpc) is 0.899. The molecule has 0 aromatic carbocycles. The average molecular weight is 1570 g/mol. The molecule has 0 aliphatic rings. The number of carbonyl (C=O) groups excluding carboxylic acids is 4. The molecule has 0 saturated carbocycles. The van der Waals surface area contributed by atoms with E-state index in [2.05, 4.69) is 204 Å².